The van der Waals surface area contributed by atoms with Crippen LogP contribution in [0.2, 0.25) is 5.28 Å². The summed E-state index contributed by atoms with van der Waals surface area (Å²) in [6.45, 7) is 0.0525. The zero-order valence-corrected chi connectivity index (χ0v) is 7.75. The molecule has 1 amide bonds. The summed E-state index contributed by atoms with van der Waals surface area (Å²) in [5, 5.41) is 10.4. The second-order valence-electron chi connectivity index (χ2n) is 2.17. The number of rotatable bonds is 1. The van der Waals surface area contributed by atoms with Gasteiger partial charge in [-0.3, -0.25) is 0 Å². The predicted octanol–water partition coefficient (Wildman–Crippen LogP) is 0.749. The molecule has 0 saturated carbocycles. The molecule has 0 bridgehead atoms. The van der Waals surface area contributed by atoms with E-state index >= 15 is 0 Å². The molecule has 0 atom stereocenters. The molecule has 0 aromatic carbocycles. The minimum Gasteiger partial charge on any atom is -0.465 e. The Hall–Kier alpha value is -1.80. The van der Waals surface area contributed by atoms with Gasteiger partial charge in [-0.1, -0.05) is 5.92 Å². The van der Waals surface area contributed by atoms with Gasteiger partial charge in [-0.2, -0.15) is 0 Å². The third kappa shape index (κ3) is 3.74. The summed E-state index contributed by atoms with van der Waals surface area (Å²) in [5.74, 6) is 5.20. The van der Waals surface area contributed by atoms with Crippen LogP contribution in [0.3, 0.4) is 0 Å². The SMILES string of the molecule is O=C(O)NCC#Cc1ccnc(Cl)n1. The van der Waals surface area contributed by atoms with Crippen molar-refractivity contribution in [2.45, 2.75) is 0 Å². The number of nitrogens with one attached hydrogen (secondary N) is 1. The van der Waals surface area contributed by atoms with Gasteiger partial charge in [0.25, 0.3) is 0 Å². The summed E-state index contributed by atoms with van der Waals surface area (Å²) in [7, 11) is 0. The molecule has 14 heavy (non-hydrogen) atoms. The van der Waals surface area contributed by atoms with Crippen LogP contribution < -0.4 is 5.32 Å². The van der Waals surface area contributed by atoms with Gasteiger partial charge in [-0.25, -0.2) is 14.8 Å². The third-order valence-corrected chi connectivity index (χ3v) is 1.35. The Morgan fingerprint density at radius 1 is 1.71 bits per heavy atom. The zero-order chi connectivity index (χ0) is 10.4. The van der Waals surface area contributed by atoms with E-state index in [9.17, 15) is 4.79 Å². The summed E-state index contributed by atoms with van der Waals surface area (Å²) >= 11 is 5.51. The number of amides is 1. The zero-order valence-electron chi connectivity index (χ0n) is 6.99. The highest BCUT2D eigenvalue weighted by atomic mass is 35.5. The molecule has 2 N–H and O–H groups in total. The second-order valence-corrected chi connectivity index (χ2v) is 2.51. The lowest BCUT2D eigenvalue weighted by atomic mass is 10.4. The highest BCUT2D eigenvalue weighted by Gasteiger charge is 1.91. The Kier molecular flexibility index (Phi) is 3.70. The van der Waals surface area contributed by atoms with Gasteiger partial charge in [-0.15, -0.1) is 0 Å². The van der Waals surface area contributed by atoms with Gasteiger partial charge in [0.15, 0.2) is 0 Å². The molecule has 72 valence electrons. The molecule has 1 heterocycles. The summed E-state index contributed by atoms with van der Waals surface area (Å²) in [4.78, 5) is 17.5. The molecule has 0 aliphatic heterocycles. The Morgan fingerprint density at radius 2 is 2.50 bits per heavy atom. The van der Waals surface area contributed by atoms with Crippen molar-refractivity contribution in [2.24, 2.45) is 0 Å². The molecule has 0 saturated heterocycles. The maximum atomic E-state index is 10.0. The standard InChI is InChI=1S/C8H6ClN3O2/c9-7-10-5-3-6(12-7)2-1-4-11-8(13)14/h3,5,11H,4H2,(H,13,14). The highest BCUT2D eigenvalue weighted by molar-refractivity contribution is 6.28. The monoisotopic (exact) mass is 211 g/mol. The number of halogens is 1. The summed E-state index contributed by atoms with van der Waals surface area (Å²) in [6.07, 6.45) is 0.365. The van der Waals surface area contributed by atoms with E-state index in [0.717, 1.165) is 0 Å². The first-order valence-electron chi connectivity index (χ1n) is 3.62. The van der Waals surface area contributed by atoms with Gasteiger partial charge in [0, 0.05) is 6.20 Å². The van der Waals surface area contributed by atoms with Crippen molar-refractivity contribution in [3.63, 3.8) is 0 Å². The lowest BCUT2D eigenvalue weighted by Crippen LogP contribution is -2.20. The van der Waals surface area contributed by atoms with Crippen LogP contribution in [0.25, 0.3) is 0 Å². The normalized spacial score (nSPS) is 8.64. The number of carboxylic acid groups (broad SMARTS) is 1. The molecule has 1 aromatic rings. The first kappa shape index (κ1) is 10.3. The van der Waals surface area contributed by atoms with Crippen LogP contribution >= 0.6 is 11.6 Å². The molecular weight excluding hydrogens is 206 g/mol. The van der Waals surface area contributed by atoms with Gasteiger partial charge in [0.2, 0.25) is 5.28 Å². The van der Waals surface area contributed by atoms with Crippen LogP contribution in [-0.4, -0.2) is 27.7 Å². The van der Waals surface area contributed by atoms with Crippen LogP contribution in [0.1, 0.15) is 5.69 Å². The van der Waals surface area contributed by atoms with Crippen molar-refractivity contribution in [2.75, 3.05) is 6.54 Å². The van der Waals surface area contributed by atoms with Gasteiger partial charge < -0.3 is 10.4 Å². The fourth-order valence-electron chi connectivity index (χ4n) is 0.659. The number of carbonyl (C=O) groups is 1. The van der Waals surface area contributed by atoms with Crippen molar-refractivity contribution < 1.29 is 9.90 Å². The molecular formula is C8H6ClN3O2. The average Bonchev–Trinajstić information content (AvgIpc) is 2.12. The van der Waals surface area contributed by atoms with Crippen molar-refractivity contribution in [3.05, 3.63) is 23.2 Å². The van der Waals surface area contributed by atoms with E-state index in [1.54, 1.807) is 6.07 Å². The van der Waals surface area contributed by atoms with Crippen LogP contribution in [0.5, 0.6) is 0 Å². The Morgan fingerprint density at radius 3 is 3.14 bits per heavy atom. The van der Waals surface area contributed by atoms with Crippen molar-refractivity contribution in [1.82, 2.24) is 15.3 Å². The first-order chi connectivity index (χ1) is 6.68. The number of hydrogen-bond donors (Lipinski definition) is 2. The maximum Gasteiger partial charge on any atom is 0.405 e. The minimum absolute atomic E-state index is 0.0525. The largest absolute Gasteiger partial charge is 0.465 e. The van der Waals surface area contributed by atoms with E-state index < -0.39 is 6.09 Å². The molecule has 0 fully saturated rings. The van der Waals surface area contributed by atoms with E-state index in [2.05, 4.69) is 27.1 Å². The number of nitrogens with zero attached hydrogens (tertiary/aromatic N) is 2. The molecule has 0 spiro atoms. The predicted molar refractivity (Wildman–Crippen MR) is 49.9 cm³/mol. The number of aromatic nitrogens is 2. The molecule has 0 aliphatic rings. The van der Waals surface area contributed by atoms with Gasteiger partial charge in [0.1, 0.15) is 5.69 Å². The molecule has 1 rings (SSSR count). The van der Waals surface area contributed by atoms with Crippen molar-refractivity contribution >= 4 is 17.7 Å². The Balaban J connectivity index is 2.55. The van der Waals surface area contributed by atoms with Crippen LogP contribution in [0.4, 0.5) is 4.79 Å². The summed E-state index contributed by atoms with van der Waals surface area (Å²) < 4.78 is 0. The fourth-order valence-corrected chi connectivity index (χ4v) is 0.806. The second kappa shape index (κ2) is 5.04. The van der Waals surface area contributed by atoms with E-state index in [0.29, 0.717) is 5.69 Å². The quantitative estimate of drug-likeness (QED) is 0.531. The Labute approximate surface area is 85.1 Å². The first-order valence-corrected chi connectivity index (χ1v) is 4.00. The van der Waals surface area contributed by atoms with Gasteiger partial charge in [-0.05, 0) is 23.6 Å². The van der Waals surface area contributed by atoms with E-state index in [-0.39, 0.29) is 11.8 Å². The summed E-state index contributed by atoms with van der Waals surface area (Å²) in [5.41, 5.74) is 0.456. The molecule has 1 aromatic heterocycles. The topological polar surface area (TPSA) is 75.1 Å². The Bertz CT molecular complexity index is 397. The van der Waals surface area contributed by atoms with Crippen LogP contribution in [0, 0.1) is 11.8 Å². The molecule has 0 radical (unpaired) electrons. The molecule has 0 unspecified atom stereocenters. The highest BCUT2D eigenvalue weighted by Crippen LogP contribution is 1.98. The smallest absolute Gasteiger partial charge is 0.405 e. The van der Waals surface area contributed by atoms with E-state index in [1.165, 1.54) is 6.20 Å². The van der Waals surface area contributed by atoms with Gasteiger partial charge >= 0.3 is 6.09 Å². The third-order valence-electron chi connectivity index (χ3n) is 1.17. The summed E-state index contributed by atoms with van der Waals surface area (Å²) in [6, 6.07) is 1.58. The van der Waals surface area contributed by atoms with Crippen molar-refractivity contribution in [1.29, 1.82) is 0 Å². The number of hydrogen-bond acceptors (Lipinski definition) is 3. The van der Waals surface area contributed by atoms with Crippen LogP contribution in [-0.2, 0) is 0 Å². The molecule has 5 nitrogen and oxygen atoms in total. The van der Waals surface area contributed by atoms with Crippen LogP contribution in [0.15, 0.2) is 12.3 Å². The molecule has 0 aliphatic carbocycles. The maximum absolute atomic E-state index is 10.0. The fraction of sp³-hybridized carbons (Fsp3) is 0.125. The average molecular weight is 212 g/mol. The molecule has 6 heteroatoms. The van der Waals surface area contributed by atoms with Gasteiger partial charge in [0.05, 0.1) is 6.54 Å². The van der Waals surface area contributed by atoms with E-state index in [4.69, 9.17) is 16.7 Å². The minimum atomic E-state index is -1.11. The van der Waals surface area contributed by atoms with Crippen molar-refractivity contribution in [3.8, 4) is 11.8 Å². The lowest BCUT2D eigenvalue weighted by Gasteiger charge is -1.90. The van der Waals surface area contributed by atoms with E-state index in [1.807, 2.05) is 0 Å². The lowest BCUT2D eigenvalue weighted by molar-refractivity contribution is 0.196.